The van der Waals surface area contributed by atoms with Crippen LogP contribution < -0.4 is 4.90 Å². The molecule has 4 aliphatic rings. The van der Waals surface area contributed by atoms with E-state index >= 15 is 4.39 Å². The predicted octanol–water partition coefficient (Wildman–Crippen LogP) is 6.18. The van der Waals surface area contributed by atoms with Gasteiger partial charge >= 0.3 is 0 Å². The van der Waals surface area contributed by atoms with Crippen molar-refractivity contribution in [3.8, 4) is 11.8 Å². The fraction of sp³-hybridized carbons (Fsp3) is 0.581. The highest BCUT2D eigenvalue weighted by molar-refractivity contribution is 5.93. The van der Waals surface area contributed by atoms with Crippen LogP contribution >= 0.6 is 0 Å². The first-order valence-corrected chi connectivity index (χ1v) is 13.2. The number of fused-ring (bicyclic) bond motifs is 4. The zero-order valence-electron chi connectivity index (χ0n) is 21.7. The molecule has 1 aromatic rings. The standard InChI is InChI=1S/C31H38FNO2/c1-19(2)12-14-31(35)15-13-26-24-9-6-20-16-22(34)8-10-23(20)29(24)25(18-30(26,31)3)21-7-11-28(33(4)5)27(32)17-21/h7,11,16-17,19,24-26,35H,6,8-10,13,15,18H2,1-5H3/t24-,25+,26-,30-,31-/m0/s1. The van der Waals surface area contributed by atoms with Gasteiger partial charge in [-0.3, -0.25) is 4.79 Å². The molecule has 0 amide bonds. The minimum Gasteiger partial charge on any atom is -0.377 e. The van der Waals surface area contributed by atoms with Crippen molar-refractivity contribution in [2.24, 2.45) is 23.2 Å². The number of ketones is 1. The molecular formula is C31H38FNO2. The van der Waals surface area contributed by atoms with E-state index in [1.54, 1.807) is 11.0 Å². The van der Waals surface area contributed by atoms with Crippen molar-refractivity contribution in [2.75, 3.05) is 19.0 Å². The Morgan fingerprint density at radius 3 is 2.63 bits per heavy atom. The number of rotatable bonds is 2. The Balaban J connectivity index is 1.67. The molecule has 2 saturated carbocycles. The van der Waals surface area contributed by atoms with Crippen LogP contribution in [-0.2, 0) is 4.79 Å². The third-order valence-electron chi connectivity index (χ3n) is 9.31. The van der Waals surface area contributed by atoms with E-state index in [0.717, 1.165) is 37.7 Å². The first kappa shape index (κ1) is 24.3. The van der Waals surface area contributed by atoms with E-state index in [0.29, 0.717) is 30.4 Å². The second-order valence-electron chi connectivity index (χ2n) is 11.9. The molecule has 4 heteroatoms. The van der Waals surface area contributed by atoms with Crippen LogP contribution in [-0.4, -0.2) is 30.6 Å². The molecule has 4 aliphatic carbocycles. The van der Waals surface area contributed by atoms with E-state index in [-0.39, 0.29) is 28.9 Å². The highest BCUT2D eigenvalue weighted by Crippen LogP contribution is 2.66. The quantitative estimate of drug-likeness (QED) is 0.519. The predicted molar refractivity (Wildman–Crippen MR) is 139 cm³/mol. The molecule has 186 valence electrons. The molecule has 0 radical (unpaired) electrons. The Morgan fingerprint density at radius 1 is 1.17 bits per heavy atom. The van der Waals surface area contributed by atoms with Crippen LogP contribution in [0.3, 0.4) is 0 Å². The summed E-state index contributed by atoms with van der Waals surface area (Å²) in [7, 11) is 3.71. The number of halogens is 1. The average molecular weight is 476 g/mol. The molecule has 0 unspecified atom stereocenters. The van der Waals surface area contributed by atoms with Crippen molar-refractivity contribution >= 4 is 11.5 Å². The smallest absolute Gasteiger partial charge is 0.156 e. The third-order valence-corrected chi connectivity index (χ3v) is 9.31. The molecule has 0 saturated heterocycles. The Labute approximate surface area is 209 Å². The molecule has 3 nitrogen and oxygen atoms in total. The van der Waals surface area contributed by atoms with Crippen molar-refractivity contribution in [3.05, 3.63) is 52.4 Å². The Kier molecular flexibility index (Phi) is 5.99. The lowest BCUT2D eigenvalue weighted by molar-refractivity contribution is -0.114. The molecule has 0 aliphatic heterocycles. The van der Waals surface area contributed by atoms with Crippen LogP contribution in [0, 0.1) is 40.8 Å². The van der Waals surface area contributed by atoms with Crippen LogP contribution in [0.25, 0.3) is 0 Å². The van der Waals surface area contributed by atoms with E-state index in [4.69, 9.17) is 0 Å². The SMILES string of the molecule is CC(C)C#C[C@]1(O)CC[C@H]2[C@@H]3CCC4=CC(=O)CCC4=C3[C@@H](c3ccc(N(C)C)c(F)c3)C[C@@]21C. The molecule has 5 rings (SSSR count). The summed E-state index contributed by atoms with van der Waals surface area (Å²) in [4.78, 5) is 14.0. The number of benzene rings is 1. The topological polar surface area (TPSA) is 40.5 Å². The number of hydrogen-bond donors (Lipinski definition) is 1. The number of nitrogens with zero attached hydrogens (tertiary/aromatic N) is 1. The summed E-state index contributed by atoms with van der Waals surface area (Å²) < 4.78 is 15.2. The lowest BCUT2D eigenvalue weighted by atomic mass is 9.51. The highest BCUT2D eigenvalue weighted by atomic mass is 19.1. The number of hydrogen-bond acceptors (Lipinski definition) is 3. The summed E-state index contributed by atoms with van der Waals surface area (Å²) in [5.41, 5.74) is 4.11. The second kappa shape index (κ2) is 8.63. The fourth-order valence-electron chi connectivity index (χ4n) is 7.54. The van der Waals surface area contributed by atoms with E-state index in [2.05, 4.69) is 38.7 Å². The zero-order valence-corrected chi connectivity index (χ0v) is 21.7. The van der Waals surface area contributed by atoms with E-state index < -0.39 is 5.60 Å². The maximum absolute atomic E-state index is 15.2. The number of aliphatic hydroxyl groups is 1. The van der Waals surface area contributed by atoms with Crippen LogP contribution in [0.2, 0.25) is 0 Å². The second-order valence-corrected chi connectivity index (χ2v) is 11.9. The Bertz CT molecular complexity index is 1180. The van der Waals surface area contributed by atoms with Gasteiger partial charge < -0.3 is 10.0 Å². The maximum atomic E-state index is 15.2. The minimum absolute atomic E-state index is 0.0179. The van der Waals surface area contributed by atoms with Gasteiger partial charge in [-0.15, -0.1) is 0 Å². The number of carbonyl (C=O) groups excluding carboxylic acids is 1. The molecule has 0 spiro atoms. The van der Waals surface area contributed by atoms with Crippen molar-refractivity contribution in [1.82, 2.24) is 0 Å². The summed E-state index contributed by atoms with van der Waals surface area (Å²) >= 11 is 0. The van der Waals surface area contributed by atoms with Crippen LogP contribution in [0.5, 0.6) is 0 Å². The maximum Gasteiger partial charge on any atom is 0.156 e. The fourth-order valence-corrected chi connectivity index (χ4v) is 7.54. The number of allylic oxidation sites excluding steroid dienone is 4. The van der Waals surface area contributed by atoms with Gasteiger partial charge in [0.2, 0.25) is 0 Å². The van der Waals surface area contributed by atoms with Gasteiger partial charge in [0.05, 0.1) is 5.69 Å². The molecule has 0 heterocycles. The van der Waals surface area contributed by atoms with Crippen molar-refractivity contribution in [3.63, 3.8) is 0 Å². The molecule has 35 heavy (non-hydrogen) atoms. The Morgan fingerprint density at radius 2 is 1.94 bits per heavy atom. The van der Waals surface area contributed by atoms with Gasteiger partial charge in [0.25, 0.3) is 0 Å². The molecule has 1 aromatic carbocycles. The van der Waals surface area contributed by atoms with Crippen LogP contribution in [0.15, 0.2) is 41.0 Å². The van der Waals surface area contributed by atoms with Crippen molar-refractivity contribution < 1.29 is 14.3 Å². The van der Waals surface area contributed by atoms with Gasteiger partial charge in [-0.2, -0.15) is 0 Å². The van der Waals surface area contributed by atoms with Crippen molar-refractivity contribution in [1.29, 1.82) is 0 Å². The van der Waals surface area contributed by atoms with Crippen LogP contribution in [0.4, 0.5) is 10.1 Å². The summed E-state index contributed by atoms with van der Waals surface area (Å²) in [5.74, 6) is 7.50. The molecule has 1 N–H and O–H groups in total. The van der Waals surface area contributed by atoms with Gasteiger partial charge in [0.15, 0.2) is 5.78 Å². The first-order chi connectivity index (χ1) is 16.5. The lowest BCUT2D eigenvalue weighted by Crippen LogP contribution is -2.51. The summed E-state index contributed by atoms with van der Waals surface area (Å²) in [6.07, 6.45) is 7.50. The lowest BCUT2D eigenvalue weighted by Gasteiger charge is -2.53. The molecule has 0 bridgehead atoms. The van der Waals surface area contributed by atoms with Crippen molar-refractivity contribution in [2.45, 2.75) is 77.2 Å². The third kappa shape index (κ3) is 3.87. The average Bonchev–Trinajstić information content (AvgIpc) is 3.07. The van der Waals surface area contributed by atoms with Gasteiger partial charge in [0, 0.05) is 37.8 Å². The monoisotopic (exact) mass is 475 g/mol. The zero-order chi connectivity index (χ0) is 25.1. The van der Waals surface area contributed by atoms with Gasteiger partial charge in [-0.05, 0) is 85.3 Å². The molecular weight excluding hydrogens is 437 g/mol. The van der Waals surface area contributed by atoms with Gasteiger partial charge in [0.1, 0.15) is 11.4 Å². The Hall–Kier alpha value is -2.38. The molecule has 5 atom stereocenters. The summed E-state index contributed by atoms with van der Waals surface area (Å²) in [6.45, 7) is 6.35. The van der Waals surface area contributed by atoms with Gasteiger partial charge in [-0.1, -0.05) is 44.3 Å². The summed E-state index contributed by atoms with van der Waals surface area (Å²) in [5, 5.41) is 12.0. The highest BCUT2D eigenvalue weighted by Gasteiger charge is 2.62. The minimum atomic E-state index is -1.03. The van der Waals surface area contributed by atoms with Gasteiger partial charge in [-0.25, -0.2) is 4.39 Å². The van der Waals surface area contributed by atoms with E-state index in [9.17, 15) is 9.90 Å². The van der Waals surface area contributed by atoms with E-state index in [1.165, 1.54) is 16.7 Å². The largest absolute Gasteiger partial charge is 0.377 e. The normalized spacial score (nSPS) is 34.0. The molecule has 0 aromatic heterocycles. The number of anilines is 1. The van der Waals surface area contributed by atoms with Crippen LogP contribution in [0.1, 0.15) is 77.2 Å². The van der Waals surface area contributed by atoms with E-state index in [1.807, 2.05) is 26.2 Å². The molecule has 2 fully saturated rings. The number of carbonyl (C=O) groups is 1. The summed E-state index contributed by atoms with van der Waals surface area (Å²) in [6, 6.07) is 5.65. The first-order valence-electron chi connectivity index (χ1n) is 13.2.